The summed E-state index contributed by atoms with van der Waals surface area (Å²) in [6.45, 7) is 11.3. The van der Waals surface area contributed by atoms with Gasteiger partial charge in [0.05, 0.1) is 0 Å². The average molecular weight is 835 g/mol. The van der Waals surface area contributed by atoms with E-state index in [0.29, 0.717) is 19.3 Å². The van der Waals surface area contributed by atoms with Gasteiger partial charge in [0.25, 0.3) is 0 Å². The van der Waals surface area contributed by atoms with Crippen LogP contribution in [-0.2, 0) is 28.6 Å². The SMILES string of the molecule is CCCCCCCCCCCCCCCCCCCC(=O)O[C@@H](COC(=O)CCCCCCCCCCCCC(C)C)COC(=O)CCCCCCCCCCC(C)C. The molecule has 6 nitrogen and oxygen atoms in total. The van der Waals surface area contributed by atoms with E-state index in [-0.39, 0.29) is 31.1 Å². The molecule has 0 bridgehead atoms. The summed E-state index contributed by atoms with van der Waals surface area (Å²) in [5.41, 5.74) is 0. The zero-order valence-electron chi connectivity index (χ0n) is 40.4. The molecule has 0 rings (SSSR count). The Bertz CT molecular complexity index is 900. The van der Waals surface area contributed by atoms with E-state index < -0.39 is 6.10 Å². The van der Waals surface area contributed by atoms with E-state index in [1.807, 2.05) is 0 Å². The van der Waals surface area contributed by atoms with Crippen LogP contribution in [0.25, 0.3) is 0 Å². The quantitative estimate of drug-likeness (QED) is 0.0345. The van der Waals surface area contributed by atoms with Gasteiger partial charge in [-0.2, -0.15) is 0 Å². The first-order valence-electron chi connectivity index (χ1n) is 26.2. The maximum absolute atomic E-state index is 12.8. The minimum Gasteiger partial charge on any atom is -0.462 e. The predicted molar refractivity (Wildman–Crippen MR) is 252 cm³/mol. The predicted octanol–water partition coefficient (Wildman–Crippen LogP) is 16.9. The van der Waals surface area contributed by atoms with E-state index in [4.69, 9.17) is 14.2 Å². The van der Waals surface area contributed by atoms with Gasteiger partial charge in [0.2, 0.25) is 0 Å². The molecule has 0 aromatic carbocycles. The summed E-state index contributed by atoms with van der Waals surface area (Å²) in [6, 6.07) is 0. The Morgan fingerprint density at radius 3 is 0.831 bits per heavy atom. The van der Waals surface area contributed by atoms with Gasteiger partial charge in [-0.05, 0) is 31.1 Å². The molecule has 1 atom stereocenters. The molecular formula is C53H102O6. The second-order valence-corrected chi connectivity index (χ2v) is 19.1. The van der Waals surface area contributed by atoms with Crippen LogP contribution in [0.3, 0.4) is 0 Å². The molecule has 0 saturated carbocycles. The normalized spacial score (nSPS) is 12.1. The van der Waals surface area contributed by atoms with Gasteiger partial charge >= 0.3 is 17.9 Å². The first kappa shape index (κ1) is 57.4. The fourth-order valence-corrected chi connectivity index (χ4v) is 7.99. The Balaban J connectivity index is 4.30. The number of esters is 3. The fraction of sp³-hybridized carbons (Fsp3) is 0.943. The van der Waals surface area contributed by atoms with Crippen molar-refractivity contribution in [2.75, 3.05) is 13.2 Å². The van der Waals surface area contributed by atoms with Gasteiger partial charge < -0.3 is 14.2 Å². The van der Waals surface area contributed by atoms with Gasteiger partial charge in [0.15, 0.2) is 6.10 Å². The summed E-state index contributed by atoms with van der Waals surface area (Å²) >= 11 is 0. The number of hydrogen-bond donors (Lipinski definition) is 0. The molecule has 0 aromatic heterocycles. The second kappa shape index (κ2) is 45.9. The van der Waals surface area contributed by atoms with Crippen LogP contribution >= 0.6 is 0 Å². The van der Waals surface area contributed by atoms with E-state index in [0.717, 1.165) is 69.6 Å². The second-order valence-electron chi connectivity index (χ2n) is 19.1. The maximum atomic E-state index is 12.8. The van der Waals surface area contributed by atoms with Crippen LogP contribution < -0.4 is 0 Å². The molecule has 0 saturated heterocycles. The van der Waals surface area contributed by atoms with E-state index in [1.54, 1.807) is 0 Å². The number of carbonyl (C=O) groups is 3. The highest BCUT2D eigenvalue weighted by Gasteiger charge is 2.19. The molecule has 0 amide bonds. The number of rotatable bonds is 47. The van der Waals surface area contributed by atoms with Crippen LogP contribution in [-0.4, -0.2) is 37.2 Å². The van der Waals surface area contributed by atoms with Gasteiger partial charge in [-0.25, -0.2) is 0 Å². The third-order valence-corrected chi connectivity index (χ3v) is 12.0. The van der Waals surface area contributed by atoms with Crippen molar-refractivity contribution in [3.63, 3.8) is 0 Å². The van der Waals surface area contributed by atoms with Crippen LogP contribution in [0.4, 0.5) is 0 Å². The standard InChI is InChI=1S/C53H102O6/c1-6-7-8-9-10-11-12-13-14-15-16-17-18-23-30-35-40-45-53(56)59-50(47-58-52(55)44-39-34-29-25-24-27-32-37-42-49(4)5)46-57-51(54)43-38-33-28-22-20-19-21-26-31-36-41-48(2)3/h48-50H,6-47H2,1-5H3/t50-/m0/s1. The zero-order chi connectivity index (χ0) is 43.3. The summed E-state index contributed by atoms with van der Waals surface area (Å²) in [5, 5.41) is 0. The van der Waals surface area contributed by atoms with Gasteiger partial charge in [-0.3, -0.25) is 14.4 Å². The third-order valence-electron chi connectivity index (χ3n) is 12.0. The van der Waals surface area contributed by atoms with Crippen LogP contribution in [0.1, 0.15) is 291 Å². The maximum Gasteiger partial charge on any atom is 0.306 e. The van der Waals surface area contributed by atoms with Gasteiger partial charge in [-0.15, -0.1) is 0 Å². The first-order valence-corrected chi connectivity index (χ1v) is 26.2. The molecule has 0 N–H and O–H groups in total. The Labute approximate surface area is 368 Å². The molecular weight excluding hydrogens is 733 g/mol. The minimum absolute atomic E-state index is 0.0642. The number of ether oxygens (including phenoxy) is 3. The van der Waals surface area contributed by atoms with Crippen LogP contribution in [0, 0.1) is 11.8 Å². The van der Waals surface area contributed by atoms with Crippen molar-refractivity contribution >= 4 is 17.9 Å². The van der Waals surface area contributed by atoms with Crippen molar-refractivity contribution in [1.29, 1.82) is 0 Å². The molecule has 6 heteroatoms. The number of carbonyl (C=O) groups excluding carboxylic acids is 3. The lowest BCUT2D eigenvalue weighted by atomic mass is 10.0. The van der Waals surface area contributed by atoms with E-state index in [2.05, 4.69) is 34.6 Å². The monoisotopic (exact) mass is 835 g/mol. The van der Waals surface area contributed by atoms with E-state index in [1.165, 1.54) is 180 Å². The molecule has 0 spiro atoms. The number of unbranched alkanes of at least 4 members (excludes halogenated alkanes) is 32. The molecule has 0 aromatic rings. The van der Waals surface area contributed by atoms with Crippen molar-refractivity contribution in [1.82, 2.24) is 0 Å². The van der Waals surface area contributed by atoms with Crippen molar-refractivity contribution in [2.45, 2.75) is 298 Å². The summed E-state index contributed by atoms with van der Waals surface area (Å²) in [5.74, 6) is 0.765. The summed E-state index contributed by atoms with van der Waals surface area (Å²) in [7, 11) is 0. The molecule has 0 radical (unpaired) electrons. The Morgan fingerprint density at radius 1 is 0.322 bits per heavy atom. The lowest BCUT2D eigenvalue weighted by Crippen LogP contribution is -2.30. The molecule has 59 heavy (non-hydrogen) atoms. The summed E-state index contributed by atoms with van der Waals surface area (Å²) < 4.78 is 16.8. The Hall–Kier alpha value is -1.59. The third kappa shape index (κ3) is 47.3. The zero-order valence-corrected chi connectivity index (χ0v) is 40.4. The molecule has 0 aliphatic rings. The molecule has 0 fully saturated rings. The summed E-state index contributed by atoms with van der Waals surface area (Å²) in [6.07, 6.45) is 46.7. The highest BCUT2D eigenvalue weighted by atomic mass is 16.6. The van der Waals surface area contributed by atoms with Crippen molar-refractivity contribution in [2.24, 2.45) is 11.8 Å². The van der Waals surface area contributed by atoms with Crippen LogP contribution in [0.5, 0.6) is 0 Å². The van der Waals surface area contributed by atoms with Gasteiger partial charge in [-0.1, -0.05) is 253 Å². The van der Waals surface area contributed by atoms with Crippen LogP contribution in [0.2, 0.25) is 0 Å². The van der Waals surface area contributed by atoms with E-state index in [9.17, 15) is 14.4 Å². The Kier molecular flexibility index (Phi) is 44.7. The lowest BCUT2D eigenvalue weighted by Gasteiger charge is -2.18. The average Bonchev–Trinajstić information content (AvgIpc) is 3.20. The van der Waals surface area contributed by atoms with E-state index >= 15 is 0 Å². The highest BCUT2D eigenvalue weighted by Crippen LogP contribution is 2.17. The van der Waals surface area contributed by atoms with Crippen LogP contribution in [0.15, 0.2) is 0 Å². The lowest BCUT2D eigenvalue weighted by molar-refractivity contribution is -0.167. The fourth-order valence-electron chi connectivity index (χ4n) is 7.99. The molecule has 0 aliphatic carbocycles. The van der Waals surface area contributed by atoms with Gasteiger partial charge in [0.1, 0.15) is 13.2 Å². The topological polar surface area (TPSA) is 78.9 Å². The molecule has 0 heterocycles. The highest BCUT2D eigenvalue weighted by molar-refractivity contribution is 5.71. The largest absolute Gasteiger partial charge is 0.462 e. The summed E-state index contributed by atoms with van der Waals surface area (Å²) in [4.78, 5) is 37.9. The molecule has 0 unspecified atom stereocenters. The molecule has 0 aliphatic heterocycles. The first-order chi connectivity index (χ1) is 28.7. The van der Waals surface area contributed by atoms with Crippen molar-refractivity contribution < 1.29 is 28.6 Å². The Morgan fingerprint density at radius 2 is 0.559 bits per heavy atom. The van der Waals surface area contributed by atoms with Crippen molar-refractivity contribution in [3.8, 4) is 0 Å². The van der Waals surface area contributed by atoms with Crippen molar-refractivity contribution in [3.05, 3.63) is 0 Å². The minimum atomic E-state index is -0.762. The molecule has 350 valence electrons. The number of hydrogen-bond acceptors (Lipinski definition) is 6. The van der Waals surface area contributed by atoms with Gasteiger partial charge in [0, 0.05) is 19.3 Å². The smallest absolute Gasteiger partial charge is 0.306 e.